The van der Waals surface area contributed by atoms with Gasteiger partial charge in [0.2, 0.25) is 0 Å². The van der Waals surface area contributed by atoms with Crippen molar-refractivity contribution in [3.8, 4) is 0 Å². The first-order valence-corrected chi connectivity index (χ1v) is 5.26. The quantitative estimate of drug-likeness (QED) is 0.849. The Morgan fingerprint density at radius 3 is 2.75 bits per heavy atom. The van der Waals surface area contributed by atoms with Crippen LogP contribution in [0.15, 0.2) is 30.5 Å². The fraction of sp³-hybridized carbons (Fsp3) is 0.333. The normalized spacial score (nSPS) is 11.5. The van der Waals surface area contributed by atoms with Gasteiger partial charge in [-0.1, -0.05) is 12.1 Å². The van der Waals surface area contributed by atoms with Gasteiger partial charge in [-0.05, 0) is 36.0 Å². The molecule has 1 aromatic carbocycles. The molecule has 2 nitrogen and oxygen atoms in total. The van der Waals surface area contributed by atoms with E-state index in [1.54, 1.807) is 10.8 Å². The predicted molar refractivity (Wildman–Crippen MR) is 60.7 cm³/mol. The van der Waals surface area contributed by atoms with E-state index in [1.165, 1.54) is 0 Å². The average Bonchev–Trinajstić information content (AvgIpc) is 2.61. The molecule has 0 radical (unpaired) electrons. The number of hydrogen-bond donors (Lipinski definition) is 1. The summed E-state index contributed by atoms with van der Waals surface area (Å²) < 4.78 is 26.3. The van der Waals surface area contributed by atoms with E-state index in [1.807, 2.05) is 24.3 Å². The van der Waals surface area contributed by atoms with Crippen LogP contribution in [0, 0.1) is 0 Å². The maximum atomic E-state index is 12.3. The van der Waals surface area contributed by atoms with Crippen LogP contribution in [-0.4, -0.2) is 17.5 Å². The third kappa shape index (κ3) is 2.22. The number of rotatable bonds is 4. The molecular weight excluding hydrogens is 210 g/mol. The van der Waals surface area contributed by atoms with Gasteiger partial charge in [0.25, 0.3) is 6.43 Å². The number of fused-ring (bicyclic) bond motifs is 1. The lowest BCUT2D eigenvalue weighted by molar-refractivity contribution is 0.128. The Balaban J connectivity index is 2.39. The summed E-state index contributed by atoms with van der Waals surface area (Å²) in [4.78, 5) is 0. The molecule has 1 aromatic heterocycles. The Morgan fingerprint density at radius 2 is 2.06 bits per heavy atom. The van der Waals surface area contributed by atoms with Gasteiger partial charge < -0.3 is 10.3 Å². The van der Waals surface area contributed by atoms with Gasteiger partial charge in [-0.25, -0.2) is 8.78 Å². The minimum absolute atomic E-state index is 0.254. The van der Waals surface area contributed by atoms with Crippen LogP contribution in [0.5, 0.6) is 0 Å². The Kier molecular flexibility index (Phi) is 3.19. The Labute approximate surface area is 92.7 Å². The molecule has 0 atom stereocenters. The van der Waals surface area contributed by atoms with Crippen LogP contribution in [-0.2, 0) is 13.0 Å². The SMILES string of the molecule is NCCc1ccc2ccn(CC(F)F)c2c1. The number of hydrogen-bond acceptors (Lipinski definition) is 1. The van der Waals surface area contributed by atoms with Crippen molar-refractivity contribution in [2.45, 2.75) is 19.4 Å². The molecule has 0 saturated heterocycles. The van der Waals surface area contributed by atoms with Crippen molar-refractivity contribution >= 4 is 10.9 Å². The number of aromatic nitrogens is 1. The van der Waals surface area contributed by atoms with Crippen molar-refractivity contribution in [3.05, 3.63) is 36.0 Å². The van der Waals surface area contributed by atoms with Crippen molar-refractivity contribution in [1.82, 2.24) is 4.57 Å². The first kappa shape index (κ1) is 11.1. The zero-order valence-corrected chi connectivity index (χ0v) is 8.87. The summed E-state index contributed by atoms with van der Waals surface area (Å²) in [6.07, 6.45) is 0.146. The molecule has 0 unspecified atom stereocenters. The first-order valence-electron chi connectivity index (χ1n) is 5.26. The molecule has 86 valence electrons. The second kappa shape index (κ2) is 4.61. The van der Waals surface area contributed by atoms with Gasteiger partial charge in [-0.15, -0.1) is 0 Å². The third-order valence-electron chi connectivity index (χ3n) is 2.61. The number of nitrogens with two attached hydrogens (primary N) is 1. The topological polar surface area (TPSA) is 30.9 Å². The van der Waals surface area contributed by atoms with Crippen LogP contribution < -0.4 is 5.73 Å². The highest BCUT2D eigenvalue weighted by Crippen LogP contribution is 2.19. The Hall–Kier alpha value is -1.42. The molecular formula is C12H14F2N2. The summed E-state index contributed by atoms with van der Waals surface area (Å²) in [5, 5.41) is 0.987. The lowest BCUT2D eigenvalue weighted by Crippen LogP contribution is -2.06. The monoisotopic (exact) mass is 224 g/mol. The number of benzene rings is 1. The molecule has 2 aromatic rings. The molecule has 0 fully saturated rings. The Morgan fingerprint density at radius 1 is 1.25 bits per heavy atom. The highest BCUT2D eigenvalue weighted by Gasteiger charge is 2.07. The smallest absolute Gasteiger partial charge is 0.256 e. The van der Waals surface area contributed by atoms with Gasteiger partial charge in [0.05, 0.1) is 6.54 Å². The van der Waals surface area contributed by atoms with E-state index < -0.39 is 6.43 Å². The summed E-state index contributed by atoms with van der Waals surface area (Å²) >= 11 is 0. The highest BCUT2D eigenvalue weighted by atomic mass is 19.3. The molecule has 0 aliphatic heterocycles. The van der Waals surface area contributed by atoms with E-state index in [0.717, 1.165) is 22.9 Å². The van der Waals surface area contributed by atoms with E-state index >= 15 is 0 Å². The van der Waals surface area contributed by atoms with Gasteiger partial charge >= 0.3 is 0 Å². The second-order valence-corrected chi connectivity index (χ2v) is 3.79. The maximum Gasteiger partial charge on any atom is 0.256 e. The molecule has 4 heteroatoms. The molecule has 0 aliphatic carbocycles. The maximum absolute atomic E-state index is 12.3. The molecule has 16 heavy (non-hydrogen) atoms. The zero-order valence-electron chi connectivity index (χ0n) is 8.87. The zero-order chi connectivity index (χ0) is 11.5. The fourth-order valence-electron chi connectivity index (χ4n) is 1.86. The molecule has 0 spiro atoms. The van der Waals surface area contributed by atoms with E-state index in [0.29, 0.717) is 6.54 Å². The van der Waals surface area contributed by atoms with E-state index in [2.05, 4.69) is 0 Å². The molecule has 0 amide bonds. The lowest BCUT2D eigenvalue weighted by atomic mass is 10.1. The summed E-state index contributed by atoms with van der Waals surface area (Å²) in [6.45, 7) is 0.316. The van der Waals surface area contributed by atoms with E-state index in [9.17, 15) is 8.78 Å². The largest absolute Gasteiger partial charge is 0.342 e. The number of halogens is 2. The lowest BCUT2D eigenvalue weighted by Gasteiger charge is -2.05. The molecule has 2 N–H and O–H groups in total. The van der Waals surface area contributed by atoms with Crippen molar-refractivity contribution in [2.24, 2.45) is 5.73 Å². The minimum atomic E-state index is -2.33. The van der Waals surface area contributed by atoms with Gasteiger partial charge in [0.15, 0.2) is 0 Å². The van der Waals surface area contributed by atoms with E-state index in [4.69, 9.17) is 5.73 Å². The molecule has 1 heterocycles. The van der Waals surface area contributed by atoms with Crippen LogP contribution >= 0.6 is 0 Å². The first-order chi connectivity index (χ1) is 7.70. The average molecular weight is 224 g/mol. The van der Waals surface area contributed by atoms with Gasteiger partial charge in [0, 0.05) is 11.7 Å². The summed E-state index contributed by atoms with van der Waals surface area (Å²) in [5.74, 6) is 0. The van der Waals surface area contributed by atoms with Crippen LogP contribution in [0.25, 0.3) is 10.9 Å². The van der Waals surface area contributed by atoms with Gasteiger partial charge in [-0.3, -0.25) is 0 Å². The fourth-order valence-corrected chi connectivity index (χ4v) is 1.86. The summed E-state index contributed by atoms with van der Waals surface area (Å²) in [7, 11) is 0. The van der Waals surface area contributed by atoms with E-state index in [-0.39, 0.29) is 6.54 Å². The molecule has 0 saturated carbocycles. The van der Waals surface area contributed by atoms with Gasteiger partial charge in [0.1, 0.15) is 0 Å². The van der Waals surface area contributed by atoms with Crippen molar-refractivity contribution in [1.29, 1.82) is 0 Å². The predicted octanol–water partition coefficient (Wildman–Crippen LogP) is 2.41. The number of nitrogens with zero attached hydrogens (tertiary/aromatic N) is 1. The summed E-state index contributed by atoms with van der Waals surface area (Å²) in [5.41, 5.74) is 7.41. The minimum Gasteiger partial charge on any atom is -0.342 e. The molecule has 2 rings (SSSR count). The van der Waals surface area contributed by atoms with Crippen LogP contribution in [0.4, 0.5) is 8.78 Å². The van der Waals surface area contributed by atoms with Crippen molar-refractivity contribution in [2.75, 3.05) is 6.54 Å². The van der Waals surface area contributed by atoms with Crippen molar-refractivity contribution in [3.63, 3.8) is 0 Å². The highest BCUT2D eigenvalue weighted by molar-refractivity contribution is 5.80. The molecule has 0 bridgehead atoms. The van der Waals surface area contributed by atoms with Crippen molar-refractivity contribution < 1.29 is 8.78 Å². The van der Waals surface area contributed by atoms with Gasteiger partial charge in [-0.2, -0.15) is 0 Å². The number of alkyl halides is 2. The summed E-state index contributed by atoms with van der Waals surface area (Å²) in [6, 6.07) is 7.72. The standard InChI is InChI=1S/C12H14F2N2/c13-12(14)8-16-6-4-10-2-1-9(3-5-15)7-11(10)16/h1-2,4,6-7,12H,3,5,8,15H2. The molecule has 0 aliphatic rings. The Bertz CT molecular complexity index is 477. The van der Waals surface area contributed by atoms with Crippen LogP contribution in [0.3, 0.4) is 0 Å². The second-order valence-electron chi connectivity index (χ2n) is 3.79. The van der Waals surface area contributed by atoms with Crippen LogP contribution in [0.2, 0.25) is 0 Å². The third-order valence-corrected chi connectivity index (χ3v) is 2.61. The van der Waals surface area contributed by atoms with Crippen LogP contribution in [0.1, 0.15) is 5.56 Å².